The Balaban J connectivity index is 1.43. The third kappa shape index (κ3) is 5.13. The highest BCUT2D eigenvalue weighted by Gasteiger charge is 2.10. The maximum Gasteiger partial charge on any atom is 0.227 e. The Bertz CT molecular complexity index is 1150. The van der Waals surface area contributed by atoms with Crippen molar-refractivity contribution in [3.8, 4) is 28.3 Å². The zero-order valence-electron chi connectivity index (χ0n) is 18.2. The van der Waals surface area contributed by atoms with Gasteiger partial charge in [-0.25, -0.2) is 9.37 Å². The molecular formula is C27H28FNO2. The molecule has 31 heavy (non-hydrogen) atoms. The second-order valence-electron chi connectivity index (χ2n) is 7.98. The Morgan fingerprint density at radius 2 is 1.58 bits per heavy atom. The van der Waals surface area contributed by atoms with E-state index in [1.807, 2.05) is 55.5 Å². The minimum atomic E-state index is -0.329. The molecule has 0 aliphatic carbocycles. The van der Waals surface area contributed by atoms with E-state index in [0.29, 0.717) is 18.2 Å². The molecule has 0 saturated carbocycles. The first-order valence-corrected chi connectivity index (χ1v) is 11.0. The predicted molar refractivity (Wildman–Crippen MR) is 124 cm³/mol. The number of rotatable bonds is 9. The first-order valence-electron chi connectivity index (χ1n) is 11.0. The van der Waals surface area contributed by atoms with Gasteiger partial charge in [0.1, 0.15) is 5.52 Å². The number of aromatic nitrogens is 1. The lowest BCUT2D eigenvalue weighted by molar-refractivity contribution is 0.290. The van der Waals surface area contributed by atoms with Crippen LogP contribution in [0, 0.1) is 12.7 Å². The van der Waals surface area contributed by atoms with Crippen molar-refractivity contribution in [1.29, 1.82) is 0 Å². The van der Waals surface area contributed by atoms with E-state index < -0.39 is 0 Å². The molecule has 0 bridgehead atoms. The van der Waals surface area contributed by atoms with Crippen molar-refractivity contribution in [1.82, 2.24) is 4.98 Å². The topological polar surface area (TPSA) is 35.3 Å². The number of benzene rings is 3. The number of oxazole rings is 1. The van der Waals surface area contributed by atoms with E-state index in [-0.39, 0.29) is 5.82 Å². The minimum Gasteiger partial charge on any atom is -0.491 e. The van der Waals surface area contributed by atoms with Gasteiger partial charge in [-0.15, -0.1) is 0 Å². The normalized spacial score (nSPS) is 11.2. The molecule has 0 radical (unpaired) electrons. The zero-order valence-corrected chi connectivity index (χ0v) is 18.2. The molecule has 0 unspecified atom stereocenters. The van der Waals surface area contributed by atoms with E-state index in [0.717, 1.165) is 46.2 Å². The maximum atomic E-state index is 14.5. The number of nitrogens with zero attached hydrogens (tertiary/aromatic N) is 1. The van der Waals surface area contributed by atoms with Crippen molar-refractivity contribution in [2.75, 3.05) is 6.61 Å². The number of unbranched alkanes of at least 4 members (excludes halogenated alkanes) is 4. The van der Waals surface area contributed by atoms with Crippen LogP contribution in [0.25, 0.3) is 33.7 Å². The first-order chi connectivity index (χ1) is 15.1. The van der Waals surface area contributed by atoms with Crippen LogP contribution in [0.15, 0.2) is 65.1 Å². The molecule has 1 heterocycles. The fourth-order valence-electron chi connectivity index (χ4n) is 3.65. The fraction of sp³-hybridized carbons (Fsp3) is 0.296. The minimum absolute atomic E-state index is 0.317. The predicted octanol–water partition coefficient (Wildman–Crippen LogP) is 7.96. The van der Waals surface area contributed by atoms with Gasteiger partial charge < -0.3 is 9.15 Å². The fourth-order valence-corrected chi connectivity index (χ4v) is 3.65. The van der Waals surface area contributed by atoms with Crippen LogP contribution < -0.4 is 4.74 Å². The maximum absolute atomic E-state index is 14.5. The second kappa shape index (κ2) is 9.78. The molecule has 0 atom stereocenters. The SMILES string of the molecule is CCCCCCCOc1ccc(-c2ccc(-c3nc4cc(C)ccc4o3)cc2)cc1F. The van der Waals surface area contributed by atoms with Crippen molar-refractivity contribution in [3.05, 3.63) is 72.0 Å². The summed E-state index contributed by atoms with van der Waals surface area (Å²) in [6.45, 7) is 4.78. The van der Waals surface area contributed by atoms with Gasteiger partial charge in [0, 0.05) is 5.56 Å². The van der Waals surface area contributed by atoms with E-state index in [2.05, 4.69) is 11.9 Å². The Morgan fingerprint density at radius 3 is 2.35 bits per heavy atom. The van der Waals surface area contributed by atoms with Crippen LogP contribution in [0.1, 0.15) is 44.6 Å². The lowest BCUT2D eigenvalue weighted by Gasteiger charge is -2.09. The number of fused-ring (bicyclic) bond motifs is 1. The summed E-state index contributed by atoms with van der Waals surface area (Å²) in [5.41, 5.74) is 5.40. The van der Waals surface area contributed by atoms with Crippen LogP contribution in [-0.2, 0) is 0 Å². The number of hydrogen-bond donors (Lipinski definition) is 0. The molecule has 3 nitrogen and oxygen atoms in total. The van der Waals surface area contributed by atoms with Gasteiger partial charge in [0.25, 0.3) is 0 Å². The van der Waals surface area contributed by atoms with Crippen LogP contribution in [0.3, 0.4) is 0 Å². The van der Waals surface area contributed by atoms with Gasteiger partial charge in [-0.2, -0.15) is 0 Å². The summed E-state index contributed by atoms with van der Waals surface area (Å²) in [6.07, 6.45) is 5.75. The molecule has 0 saturated heterocycles. The van der Waals surface area contributed by atoms with Crippen molar-refractivity contribution in [2.45, 2.75) is 46.0 Å². The van der Waals surface area contributed by atoms with Gasteiger partial charge in [-0.05, 0) is 66.4 Å². The lowest BCUT2D eigenvalue weighted by Crippen LogP contribution is -1.99. The number of ether oxygens (including phenoxy) is 1. The van der Waals surface area contributed by atoms with Crippen LogP contribution in [0.5, 0.6) is 5.75 Å². The van der Waals surface area contributed by atoms with E-state index >= 15 is 0 Å². The van der Waals surface area contributed by atoms with Crippen molar-refractivity contribution < 1.29 is 13.5 Å². The summed E-state index contributed by atoms with van der Waals surface area (Å²) in [6, 6.07) is 18.9. The Hall–Kier alpha value is -3.14. The van der Waals surface area contributed by atoms with E-state index in [1.165, 1.54) is 25.3 Å². The highest BCUT2D eigenvalue weighted by Crippen LogP contribution is 2.29. The van der Waals surface area contributed by atoms with Gasteiger partial charge in [0.2, 0.25) is 5.89 Å². The molecular weight excluding hydrogens is 389 g/mol. The van der Waals surface area contributed by atoms with Crippen LogP contribution in [-0.4, -0.2) is 11.6 Å². The Kier molecular flexibility index (Phi) is 6.66. The molecule has 0 aliphatic rings. The van der Waals surface area contributed by atoms with Crippen LogP contribution in [0.2, 0.25) is 0 Å². The van der Waals surface area contributed by atoms with Crippen molar-refractivity contribution >= 4 is 11.1 Å². The Labute approximate surface area is 182 Å². The summed E-state index contributed by atoms with van der Waals surface area (Å²) in [4.78, 5) is 4.58. The molecule has 0 fully saturated rings. The molecule has 4 heteroatoms. The molecule has 4 aromatic rings. The second-order valence-corrected chi connectivity index (χ2v) is 7.98. The number of aryl methyl sites for hydroxylation is 1. The van der Waals surface area contributed by atoms with Gasteiger partial charge in [0.05, 0.1) is 6.61 Å². The molecule has 3 aromatic carbocycles. The average molecular weight is 418 g/mol. The summed E-state index contributed by atoms with van der Waals surface area (Å²) in [7, 11) is 0. The summed E-state index contributed by atoms with van der Waals surface area (Å²) in [5.74, 6) is 0.572. The van der Waals surface area contributed by atoms with Gasteiger partial charge in [-0.1, -0.05) is 56.9 Å². The average Bonchev–Trinajstić information content (AvgIpc) is 3.20. The van der Waals surface area contributed by atoms with Crippen LogP contribution in [0.4, 0.5) is 4.39 Å². The third-order valence-corrected chi connectivity index (χ3v) is 5.45. The molecule has 0 amide bonds. The standard InChI is InChI=1S/C27H28FNO2/c1-3-4-5-6-7-16-30-25-15-13-22(18-23(25)28)20-9-11-21(12-10-20)27-29-24-17-19(2)8-14-26(24)31-27/h8-15,17-18H,3-7,16H2,1-2H3. The van der Waals surface area contributed by atoms with E-state index in [9.17, 15) is 4.39 Å². The molecule has 1 aromatic heterocycles. The highest BCUT2D eigenvalue weighted by atomic mass is 19.1. The number of hydrogen-bond acceptors (Lipinski definition) is 3. The first kappa shape index (κ1) is 21.1. The molecule has 4 rings (SSSR count). The quantitative estimate of drug-likeness (QED) is 0.259. The summed E-state index contributed by atoms with van der Waals surface area (Å²) in [5, 5.41) is 0. The molecule has 0 spiro atoms. The molecule has 0 aliphatic heterocycles. The summed E-state index contributed by atoms with van der Waals surface area (Å²) < 4.78 is 26.0. The number of halogens is 1. The Morgan fingerprint density at radius 1 is 0.839 bits per heavy atom. The van der Waals surface area contributed by atoms with E-state index in [4.69, 9.17) is 9.15 Å². The summed E-state index contributed by atoms with van der Waals surface area (Å²) >= 11 is 0. The van der Waals surface area contributed by atoms with Crippen molar-refractivity contribution in [2.24, 2.45) is 0 Å². The molecule has 160 valence electrons. The van der Waals surface area contributed by atoms with Crippen LogP contribution >= 0.6 is 0 Å². The van der Waals surface area contributed by atoms with Gasteiger partial charge in [-0.3, -0.25) is 0 Å². The van der Waals surface area contributed by atoms with Crippen molar-refractivity contribution in [3.63, 3.8) is 0 Å². The largest absolute Gasteiger partial charge is 0.491 e. The lowest BCUT2D eigenvalue weighted by atomic mass is 10.0. The smallest absolute Gasteiger partial charge is 0.227 e. The van der Waals surface area contributed by atoms with Gasteiger partial charge >= 0.3 is 0 Å². The third-order valence-electron chi connectivity index (χ3n) is 5.45. The monoisotopic (exact) mass is 417 g/mol. The van der Waals surface area contributed by atoms with Gasteiger partial charge in [0.15, 0.2) is 17.1 Å². The zero-order chi connectivity index (χ0) is 21.6. The molecule has 0 N–H and O–H groups in total. The van der Waals surface area contributed by atoms with E-state index in [1.54, 1.807) is 6.07 Å². The highest BCUT2D eigenvalue weighted by molar-refractivity contribution is 5.77.